The largest absolute Gasteiger partial charge is 0.370 e. The highest BCUT2D eigenvalue weighted by Crippen LogP contribution is 2.00. The molecule has 14 heavy (non-hydrogen) atoms. The molecule has 1 rings (SSSR count). The van der Waals surface area contributed by atoms with E-state index in [9.17, 15) is 0 Å². The Morgan fingerprint density at radius 2 is 2.43 bits per heavy atom. The van der Waals surface area contributed by atoms with Gasteiger partial charge in [0, 0.05) is 25.9 Å². The molecule has 1 aromatic rings. The van der Waals surface area contributed by atoms with Crippen LogP contribution in [0.3, 0.4) is 0 Å². The van der Waals surface area contributed by atoms with E-state index in [4.69, 9.17) is 5.73 Å². The molecule has 0 saturated heterocycles. The zero-order valence-corrected chi connectivity index (χ0v) is 8.86. The van der Waals surface area contributed by atoms with Crippen LogP contribution in [-0.4, -0.2) is 22.3 Å². The quantitative estimate of drug-likeness (QED) is 0.554. The van der Waals surface area contributed by atoms with Crippen molar-refractivity contribution in [3.05, 3.63) is 12.3 Å². The molecule has 0 aromatic carbocycles. The first-order chi connectivity index (χ1) is 6.58. The fourth-order valence-electron chi connectivity index (χ4n) is 0.933. The Morgan fingerprint density at radius 1 is 1.71 bits per heavy atom. The van der Waals surface area contributed by atoms with Crippen molar-refractivity contribution in [1.29, 1.82) is 0 Å². The maximum absolute atomic E-state index is 5.65. The van der Waals surface area contributed by atoms with Crippen LogP contribution in [0, 0.1) is 5.92 Å². The number of aromatic nitrogens is 2. The molecule has 1 aromatic heterocycles. The minimum Gasteiger partial charge on any atom is -0.370 e. The van der Waals surface area contributed by atoms with E-state index >= 15 is 0 Å². The number of guanidine groups is 1. The standard InChI is InChI=1S/C9H17N5/c1-7(2)6-11-9(10)12-8-4-5-14(3)13-8/h4-5,7H,6H2,1-3H3,(H3,10,11,12,13). The fourth-order valence-corrected chi connectivity index (χ4v) is 0.933. The van der Waals surface area contributed by atoms with Crippen molar-refractivity contribution >= 4 is 11.8 Å². The fraction of sp³-hybridized carbons (Fsp3) is 0.556. The third-order valence-electron chi connectivity index (χ3n) is 1.60. The number of aryl methyl sites for hydroxylation is 1. The van der Waals surface area contributed by atoms with Gasteiger partial charge in [0.2, 0.25) is 0 Å². The molecule has 0 aliphatic heterocycles. The summed E-state index contributed by atoms with van der Waals surface area (Å²) in [6, 6.07) is 1.84. The molecule has 78 valence electrons. The predicted molar refractivity (Wildman–Crippen MR) is 58.2 cm³/mol. The molecule has 0 fully saturated rings. The molecule has 0 radical (unpaired) electrons. The van der Waals surface area contributed by atoms with Crippen molar-refractivity contribution in [2.24, 2.45) is 23.7 Å². The number of nitrogens with one attached hydrogen (secondary N) is 1. The Morgan fingerprint density at radius 3 is 2.93 bits per heavy atom. The van der Waals surface area contributed by atoms with E-state index in [1.807, 2.05) is 19.3 Å². The first-order valence-corrected chi connectivity index (χ1v) is 4.64. The molecule has 5 heteroatoms. The van der Waals surface area contributed by atoms with Gasteiger partial charge in [-0.25, -0.2) is 0 Å². The summed E-state index contributed by atoms with van der Waals surface area (Å²) in [5.41, 5.74) is 5.65. The second-order valence-corrected chi connectivity index (χ2v) is 3.62. The van der Waals surface area contributed by atoms with Gasteiger partial charge in [-0.1, -0.05) is 13.8 Å². The second kappa shape index (κ2) is 4.64. The van der Waals surface area contributed by atoms with Gasteiger partial charge in [-0.2, -0.15) is 5.10 Å². The molecule has 0 amide bonds. The number of aliphatic imine (C=N–C) groups is 1. The smallest absolute Gasteiger partial charge is 0.194 e. The molecule has 0 saturated carbocycles. The molecule has 0 aliphatic rings. The van der Waals surface area contributed by atoms with E-state index in [-0.39, 0.29) is 0 Å². The topological polar surface area (TPSA) is 68.2 Å². The van der Waals surface area contributed by atoms with Crippen molar-refractivity contribution in [2.75, 3.05) is 11.9 Å². The highest BCUT2D eigenvalue weighted by atomic mass is 15.3. The number of hydrogen-bond donors (Lipinski definition) is 2. The van der Waals surface area contributed by atoms with Crippen LogP contribution < -0.4 is 11.1 Å². The lowest BCUT2D eigenvalue weighted by Gasteiger charge is -2.03. The van der Waals surface area contributed by atoms with Crippen molar-refractivity contribution in [2.45, 2.75) is 13.8 Å². The van der Waals surface area contributed by atoms with Crippen molar-refractivity contribution in [3.8, 4) is 0 Å². The van der Waals surface area contributed by atoms with Crippen LogP contribution in [0.1, 0.15) is 13.8 Å². The van der Waals surface area contributed by atoms with Crippen LogP contribution in [0.5, 0.6) is 0 Å². The minimum atomic E-state index is 0.414. The molecule has 1 heterocycles. The lowest BCUT2D eigenvalue weighted by Crippen LogP contribution is -2.23. The average molecular weight is 195 g/mol. The van der Waals surface area contributed by atoms with E-state index in [1.54, 1.807) is 4.68 Å². The van der Waals surface area contributed by atoms with Gasteiger partial charge in [0.25, 0.3) is 0 Å². The number of anilines is 1. The van der Waals surface area contributed by atoms with E-state index < -0.39 is 0 Å². The van der Waals surface area contributed by atoms with Gasteiger partial charge in [0.05, 0.1) is 0 Å². The first kappa shape index (κ1) is 10.6. The molecule has 0 aliphatic carbocycles. The highest BCUT2D eigenvalue weighted by Gasteiger charge is 1.98. The van der Waals surface area contributed by atoms with Crippen LogP contribution in [0.4, 0.5) is 5.82 Å². The number of nitrogens with two attached hydrogens (primary N) is 1. The Bertz CT molecular complexity index is 313. The number of hydrogen-bond acceptors (Lipinski definition) is 2. The summed E-state index contributed by atoms with van der Waals surface area (Å²) in [6.07, 6.45) is 1.85. The Balaban J connectivity index is 2.48. The van der Waals surface area contributed by atoms with Crippen LogP contribution in [0.15, 0.2) is 17.3 Å². The Hall–Kier alpha value is -1.52. The van der Waals surface area contributed by atoms with E-state index in [1.165, 1.54) is 0 Å². The Labute approximate surface area is 84.0 Å². The molecule has 0 bridgehead atoms. The van der Waals surface area contributed by atoms with Gasteiger partial charge in [-0.3, -0.25) is 9.67 Å². The van der Waals surface area contributed by atoms with Crippen molar-refractivity contribution in [1.82, 2.24) is 9.78 Å². The summed E-state index contributed by atoms with van der Waals surface area (Å²) in [5, 5.41) is 7.04. The zero-order chi connectivity index (χ0) is 10.6. The average Bonchev–Trinajstić information content (AvgIpc) is 2.48. The van der Waals surface area contributed by atoms with E-state index in [2.05, 4.69) is 29.3 Å². The zero-order valence-electron chi connectivity index (χ0n) is 8.86. The maximum Gasteiger partial charge on any atom is 0.194 e. The number of rotatable bonds is 3. The molecule has 0 atom stereocenters. The van der Waals surface area contributed by atoms with Crippen molar-refractivity contribution in [3.63, 3.8) is 0 Å². The van der Waals surface area contributed by atoms with Gasteiger partial charge in [-0.15, -0.1) is 0 Å². The lowest BCUT2D eigenvalue weighted by molar-refractivity contribution is 0.665. The van der Waals surface area contributed by atoms with Gasteiger partial charge < -0.3 is 11.1 Å². The summed E-state index contributed by atoms with van der Waals surface area (Å²) in [6.45, 7) is 4.92. The van der Waals surface area contributed by atoms with Gasteiger partial charge in [0.15, 0.2) is 11.8 Å². The normalized spacial score (nSPS) is 12.1. The third kappa shape index (κ3) is 3.47. The van der Waals surface area contributed by atoms with E-state index in [0.29, 0.717) is 11.9 Å². The van der Waals surface area contributed by atoms with Gasteiger partial charge >= 0.3 is 0 Å². The first-order valence-electron chi connectivity index (χ1n) is 4.64. The molecule has 5 nitrogen and oxygen atoms in total. The third-order valence-corrected chi connectivity index (χ3v) is 1.60. The molecule has 0 unspecified atom stereocenters. The van der Waals surface area contributed by atoms with Crippen LogP contribution in [0.2, 0.25) is 0 Å². The predicted octanol–water partition coefficient (Wildman–Crippen LogP) is 0.803. The molecule has 0 spiro atoms. The van der Waals surface area contributed by atoms with Gasteiger partial charge in [-0.05, 0) is 5.92 Å². The summed E-state index contributed by atoms with van der Waals surface area (Å²) in [5.74, 6) is 1.65. The van der Waals surface area contributed by atoms with Crippen LogP contribution >= 0.6 is 0 Å². The second-order valence-electron chi connectivity index (χ2n) is 3.62. The molecular weight excluding hydrogens is 178 g/mol. The summed E-state index contributed by atoms with van der Waals surface area (Å²) >= 11 is 0. The lowest BCUT2D eigenvalue weighted by atomic mass is 10.2. The van der Waals surface area contributed by atoms with Crippen LogP contribution in [0.25, 0.3) is 0 Å². The minimum absolute atomic E-state index is 0.414. The SMILES string of the molecule is CC(C)CN=C(N)Nc1ccn(C)n1. The summed E-state index contributed by atoms with van der Waals surface area (Å²) < 4.78 is 1.71. The van der Waals surface area contributed by atoms with E-state index in [0.717, 1.165) is 12.4 Å². The molecule has 3 N–H and O–H groups in total. The monoisotopic (exact) mass is 195 g/mol. The van der Waals surface area contributed by atoms with Gasteiger partial charge in [0.1, 0.15) is 0 Å². The van der Waals surface area contributed by atoms with Crippen molar-refractivity contribution < 1.29 is 0 Å². The Kier molecular flexibility index (Phi) is 3.50. The van der Waals surface area contributed by atoms with Crippen LogP contribution in [-0.2, 0) is 7.05 Å². The maximum atomic E-state index is 5.65. The summed E-state index contributed by atoms with van der Waals surface area (Å²) in [7, 11) is 1.85. The molecular formula is C9H17N5. The number of nitrogens with zero attached hydrogens (tertiary/aromatic N) is 3. The summed E-state index contributed by atoms with van der Waals surface area (Å²) in [4.78, 5) is 4.16. The highest BCUT2D eigenvalue weighted by molar-refractivity contribution is 5.91.